The Hall–Kier alpha value is -0.280. The van der Waals surface area contributed by atoms with Gasteiger partial charge in [-0.05, 0) is 37.6 Å². The minimum Gasteiger partial charge on any atom is -0.395 e. The second kappa shape index (κ2) is 5.71. The molecule has 1 aromatic carbocycles. The third kappa shape index (κ3) is 3.65. The Morgan fingerprint density at radius 3 is 2.60 bits per heavy atom. The lowest BCUT2D eigenvalue weighted by Crippen LogP contribution is -2.31. The fourth-order valence-electron chi connectivity index (χ4n) is 1.42. The van der Waals surface area contributed by atoms with Crippen molar-refractivity contribution in [2.24, 2.45) is 0 Å². The van der Waals surface area contributed by atoms with Gasteiger partial charge in [0.15, 0.2) is 0 Å². The van der Waals surface area contributed by atoms with E-state index in [4.69, 9.17) is 28.3 Å². The van der Waals surface area contributed by atoms with Crippen LogP contribution in [0.3, 0.4) is 0 Å². The Labute approximate surface area is 100 Å². The topological polar surface area (TPSA) is 32.3 Å². The molecule has 0 radical (unpaired) electrons. The maximum atomic E-state index is 8.93. The van der Waals surface area contributed by atoms with Gasteiger partial charge in [-0.3, -0.25) is 0 Å². The Kier molecular flexibility index (Phi) is 4.87. The van der Waals surface area contributed by atoms with E-state index in [0.29, 0.717) is 10.0 Å². The Balaban J connectivity index is 2.80. The molecule has 0 aliphatic carbocycles. The monoisotopic (exact) mass is 247 g/mol. The second-order valence-corrected chi connectivity index (χ2v) is 4.48. The van der Waals surface area contributed by atoms with Crippen molar-refractivity contribution in [2.75, 3.05) is 6.61 Å². The van der Waals surface area contributed by atoms with Crippen LogP contribution in [0.2, 0.25) is 10.0 Å². The highest BCUT2D eigenvalue weighted by atomic mass is 35.5. The van der Waals surface area contributed by atoms with Crippen LogP contribution in [0.25, 0.3) is 0 Å². The van der Waals surface area contributed by atoms with E-state index in [0.717, 1.165) is 5.56 Å². The quantitative estimate of drug-likeness (QED) is 0.858. The second-order valence-electron chi connectivity index (χ2n) is 3.64. The number of rotatable bonds is 4. The van der Waals surface area contributed by atoms with Gasteiger partial charge in [-0.1, -0.05) is 23.2 Å². The van der Waals surface area contributed by atoms with Crippen molar-refractivity contribution in [1.29, 1.82) is 0 Å². The van der Waals surface area contributed by atoms with Crippen LogP contribution in [0.4, 0.5) is 0 Å². The molecule has 2 N–H and O–H groups in total. The zero-order chi connectivity index (χ0) is 11.4. The summed E-state index contributed by atoms with van der Waals surface area (Å²) in [6, 6.07) is 5.48. The zero-order valence-corrected chi connectivity index (χ0v) is 10.3. The molecule has 0 spiro atoms. The highest BCUT2D eigenvalue weighted by molar-refractivity contribution is 6.33. The minimum absolute atomic E-state index is 0.0371. The molecule has 0 saturated heterocycles. The van der Waals surface area contributed by atoms with Crippen LogP contribution in [0, 0.1) is 0 Å². The summed E-state index contributed by atoms with van der Waals surface area (Å²) >= 11 is 12.0. The maximum absolute atomic E-state index is 8.93. The predicted octanol–water partition coefficient (Wildman–Crippen LogP) is 3.02. The molecule has 0 unspecified atom stereocenters. The van der Waals surface area contributed by atoms with Crippen LogP contribution in [0.5, 0.6) is 0 Å². The molecule has 4 heteroatoms. The molecule has 84 valence electrons. The van der Waals surface area contributed by atoms with E-state index in [2.05, 4.69) is 5.32 Å². The lowest BCUT2D eigenvalue weighted by atomic mass is 10.1. The molecule has 15 heavy (non-hydrogen) atoms. The first-order valence-electron chi connectivity index (χ1n) is 4.86. The van der Waals surface area contributed by atoms with Crippen molar-refractivity contribution < 1.29 is 5.11 Å². The maximum Gasteiger partial charge on any atom is 0.0582 e. The highest BCUT2D eigenvalue weighted by Gasteiger charge is 2.12. The molecule has 0 bridgehead atoms. The lowest BCUT2D eigenvalue weighted by Gasteiger charge is -2.19. The third-order valence-corrected chi connectivity index (χ3v) is 2.81. The number of halogens is 2. The summed E-state index contributed by atoms with van der Waals surface area (Å²) in [7, 11) is 0. The summed E-state index contributed by atoms with van der Waals surface area (Å²) < 4.78 is 0. The smallest absolute Gasteiger partial charge is 0.0582 e. The van der Waals surface area contributed by atoms with Crippen molar-refractivity contribution >= 4 is 23.2 Å². The van der Waals surface area contributed by atoms with E-state index in [1.807, 2.05) is 19.9 Å². The van der Waals surface area contributed by atoms with Gasteiger partial charge in [0.25, 0.3) is 0 Å². The van der Waals surface area contributed by atoms with Crippen molar-refractivity contribution in [3.05, 3.63) is 33.8 Å². The Morgan fingerprint density at radius 2 is 2.00 bits per heavy atom. The van der Waals surface area contributed by atoms with Crippen molar-refractivity contribution in [1.82, 2.24) is 5.32 Å². The van der Waals surface area contributed by atoms with Gasteiger partial charge in [0.2, 0.25) is 0 Å². The molecule has 0 heterocycles. The SMILES string of the molecule is C[C@H](CO)N[C@@H](C)c1cc(Cl)ccc1Cl. The zero-order valence-electron chi connectivity index (χ0n) is 8.80. The van der Waals surface area contributed by atoms with Gasteiger partial charge in [0.05, 0.1) is 6.61 Å². The number of hydrogen-bond donors (Lipinski definition) is 2. The first kappa shape index (κ1) is 12.8. The van der Waals surface area contributed by atoms with Crippen molar-refractivity contribution in [3.8, 4) is 0 Å². The predicted molar refractivity (Wildman–Crippen MR) is 64.6 cm³/mol. The average Bonchev–Trinajstić information content (AvgIpc) is 2.21. The molecular weight excluding hydrogens is 233 g/mol. The first-order chi connectivity index (χ1) is 7.04. The summed E-state index contributed by atoms with van der Waals surface area (Å²) in [4.78, 5) is 0. The standard InChI is InChI=1S/C11H15Cl2NO/c1-7(6-15)14-8(2)10-5-9(12)3-4-11(10)13/h3-5,7-8,14-15H,6H2,1-2H3/t7-,8+/m1/s1. The molecule has 0 aliphatic heterocycles. The molecule has 1 aromatic rings. The number of aliphatic hydroxyl groups is 1. The molecular formula is C11H15Cl2NO. The first-order valence-corrected chi connectivity index (χ1v) is 5.62. The largest absolute Gasteiger partial charge is 0.395 e. The number of benzene rings is 1. The van der Waals surface area contributed by atoms with E-state index < -0.39 is 0 Å². The summed E-state index contributed by atoms with van der Waals surface area (Å²) in [5.74, 6) is 0. The Morgan fingerprint density at radius 1 is 1.33 bits per heavy atom. The van der Waals surface area contributed by atoms with Crippen molar-refractivity contribution in [2.45, 2.75) is 25.9 Å². The average molecular weight is 248 g/mol. The van der Waals surface area contributed by atoms with E-state index >= 15 is 0 Å². The van der Waals surface area contributed by atoms with Crippen LogP contribution < -0.4 is 5.32 Å². The van der Waals surface area contributed by atoms with E-state index in [-0.39, 0.29) is 18.7 Å². The van der Waals surface area contributed by atoms with Gasteiger partial charge < -0.3 is 10.4 Å². The van der Waals surface area contributed by atoms with Gasteiger partial charge in [0, 0.05) is 22.1 Å². The Bertz CT molecular complexity index is 330. The molecule has 0 fully saturated rings. The molecule has 0 aliphatic rings. The summed E-state index contributed by atoms with van der Waals surface area (Å²) in [6.07, 6.45) is 0. The molecule has 1 rings (SSSR count). The number of aliphatic hydroxyl groups excluding tert-OH is 1. The van der Waals surface area contributed by atoms with Gasteiger partial charge in [0.1, 0.15) is 0 Å². The molecule has 2 nitrogen and oxygen atoms in total. The van der Waals surface area contributed by atoms with Crippen LogP contribution in [0.1, 0.15) is 25.5 Å². The minimum atomic E-state index is 0.0371. The summed E-state index contributed by atoms with van der Waals surface area (Å²) in [6.45, 7) is 4.00. The number of nitrogens with one attached hydrogen (secondary N) is 1. The molecule has 2 atom stereocenters. The fourth-order valence-corrected chi connectivity index (χ4v) is 1.88. The molecule has 0 saturated carbocycles. The third-order valence-electron chi connectivity index (χ3n) is 2.23. The van der Waals surface area contributed by atoms with E-state index in [9.17, 15) is 0 Å². The van der Waals surface area contributed by atoms with Crippen molar-refractivity contribution in [3.63, 3.8) is 0 Å². The normalized spacial score (nSPS) is 15.0. The fraction of sp³-hybridized carbons (Fsp3) is 0.455. The highest BCUT2D eigenvalue weighted by Crippen LogP contribution is 2.26. The van der Waals surface area contributed by atoms with Crippen LogP contribution in [-0.2, 0) is 0 Å². The summed E-state index contributed by atoms with van der Waals surface area (Å²) in [5, 5.41) is 13.5. The van der Waals surface area contributed by atoms with Gasteiger partial charge in [-0.25, -0.2) is 0 Å². The van der Waals surface area contributed by atoms with Crippen LogP contribution in [-0.4, -0.2) is 17.8 Å². The van der Waals surface area contributed by atoms with E-state index in [1.54, 1.807) is 12.1 Å². The van der Waals surface area contributed by atoms with Gasteiger partial charge >= 0.3 is 0 Å². The van der Waals surface area contributed by atoms with Gasteiger partial charge in [-0.15, -0.1) is 0 Å². The lowest BCUT2D eigenvalue weighted by molar-refractivity contribution is 0.243. The summed E-state index contributed by atoms with van der Waals surface area (Å²) in [5.41, 5.74) is 0.949. The van der Waals surface area contributed by atoms with Crippen LogP contribution >= 0.6 is 23.2 Å². The van der Waals surface area contributed by atoms with Gasteiger partial charge in [-0.2, -0.15) is 0 Å². The molecule has 0 aromatic heterocycles. The molecule has 0 amide bonds. The number of hydrogen-bond acceptors (Lipinski definition) is 2. The van der Waals surface area contributed by atoms with Crippen LogP contribution in [0.15, 0.2) is 18.2 Å². The van der Waals surface area contributed by atoms with E-state index in [1.165, 1.54) is 0 Å².